The van der Waals surface area contributed by atoms with Gasteiger partial charge in [0.25, 0.3) is 0 Å². The van der Waals surface area contributed by atoms with Crippen molar-refractivity contribution in [3.8, 4) is 5.75 Å². The lowest BCUT2D eigenvalue weighted by atomic mass is 10.0. The van der Waals surface area contributed by atoms with Crippen molar-refractivity contribution in [1.82, 2.24) is 14.9 Å². The zero-order valence-corrected chi connectivity index (χ0v) is 17.4. The summed E-state index contributed by atoms with van der Waals surface area (Å²) in [7, 11) is 0. The Morgan fingerprint density at radius 1 is 1.17 bits per heavy atom. The van der Waals surface area contributed by atoms with Gasteiger partial charge in [-0.1, -0.05) is 30.8 Å². The Labute approximate surface area is 178 Å². The average Bonchev–Trinajstić information content (AvgIpc) is 3.17. The van der Waals surface area contributed by atoms with Crippen molar-refractivity contribution >= 4 is 23.4 Å². The number of ether oxygens (including phenoxy) is 1. The fourth-order valence-corrected chi connectivity index (χ4v) is 4.36. The summed E-state index contributed by atoms with van der Waals surface area (Å²) in [5.41, 5.74) is 4.87. The van der Waals surface area contributed by atoms with E-state index in [0.717, 1.165) is 17.1 Å². The Hall–Kier alpha value is -3.07. The van der Waals surface area contributed by atoms with Crippen LogP contribution in [0.2, 0.25) is 0 Å². The topological polar surface area (TPSA) is 81.1 Å². The normalized spacial score (nSPS) is 17.7. The van der Waals surface area contributed by atoms with Crippen molar-refractivity contribution in [3.63, 3.8) is 0 Å². The standard InChI is InChI=1S/C21H22FN5O2S/c1-3-17-24-25-21-27(17)26-18(13-5-11-16(12-6-13)29-4-2)19(30-21)20(28)23-15-9-7-14(22)8-10-15/h5-12,18-19,26H,3-4H2,1-2H3,(H,23,28)/t18-,19+/m0/s1. The van der Waals surface area contributed by atoms with Crippen molar-refractivity contribution in [2.45, 2.75) is 36.7 Å². The first-order valence-electron chi connectivity index (χ1n) is 9.75. The van der Waals surface area contributed by atoms with Gasteiger partial charge in [-0.2, -0.15) is 0 Å². The first-order chi connectivity index (χ1) is 14.6. The predicted molar refractivity (Wildman–Crippen MR) is 114 cm³/mol. The second kappa shape index (κ2) is 8.74. The van der Waals surface area contributed by atoms with E-state index < -0.39 is 5.25 Å². The van der Waals surface area contributed by atoms with Crippen LogP contribution in [0, 0.1) is 5.82 Å². The third-order valence-corrected chi connectivity index (χ3v) is 5.96. The minimum atomic E-state index is -0.505. The molecule has 2 aromatic carbocycles. The SMILES string of the molecule is CCOc1ccc([C@@H]2Nn3c(CC)nnc3S[C@H]2C(=O)Nc2ccc(F)cc2)cc1. The number of carbonyl (C=O) groups excluding carboxylic acids is 1. The third-order valence-electron chi connectivity index (χ3n) is 4.74. The molecule has 0 saturated carbocycles. The smallest absolute Gasteiger partial charge is 0.240 e. The highest BCUT2D eigenvalue weighted by Crippen LogP contribution is 2.38. The third kappa shape index (κ3) is 4.11. The second-order valence-corrected chi connectivity index (χ2v) is 7.84. The molecule has 1 amide bonds. The van der Waals surface area contributed by atoms with Crippen molar-refractivity contribution in [1.29, 1.82) is 0 Å². The van der Waals surface area contributed by atoms with Gasteiger partial charge in [0.2, 0.25) is 11.1 Å². The van der Waals surface area contributed by atoms with E-state index in [9.17, 15) is 9.18 Å². The molecule has 4 rings (SSSR count). The molecule has 2 heterocycles. The molecule has 156 valence electrons. The van der Waals surface area contributed by atoms with E-state index in [2.05, 4.69) is 20.9 Å². The Bertz CT molecular complexity index is 1020. The number of nitrogens with zero attached hydrogens (tertiary/aromatic N) is 3. The molecule has 0 saturated heterocycles. The van der Waals surface area contributed by atoms with Crippen LogP contribution >= 0.6 is 11.8 Å². The summed E-state index contributed by atoms with van der Waals surface area (Å²) in [6.45, 7) is 4.52. The van der Waals surface area contributed by atoms with Gasteiger partial charge in [-0.3, -0.25) is 4.79 Å². The summed E-state index contributed by atoms with van der Waals surface area (Å²) in [6, 6.07) is 13.1. The summed E-state index contributed by atoms with van der Waals surface area (Å²) >= 11 is 1.35. The number of rotatable bonds is 6. The number of aryl methyl sites for hydroxylation is 1. The van der Waals surface area contributed by atoms with E-state index in [-0.39, 0.29) is 17.8 Å². The summed E-state index contributed by atoms with van der Waals surface area (Å²) in [4.78, 5) is 13.1. The van der Waals surface area contributed by atoms with Gasteiger partial charge in [0.1, 0.15) is 16.8 Å². The van der Waals surface area contributed by atoms with E-state index in [1.807, 2.05) is 42.8 Å². The molecule has 0 spiro atoms. The second-order valence-electron chi connectivity index (χ2n) is 6.73. The maximum atomic E-state index is 13.2. The number of aromatic nitrogens is 3. The van der Waals surface area contributed by atoms with Crippen LogP contribution in [0.5, 0.6) is 5.75 Å². The number of fused-ring (bicyclic) bond motifs is 1. The van der Waals surface area contributed by atoms with Crippen LogP contribution in [0.3, 0.4) is 0 Å². The quantitative estimate of drug-likeness (QED) is 0.623. The molecule has 9 heteroatoms. The van der Waals surface area contributed by atoms with Crippen LogP contribution in [0.4, 0.5) is 10.1 Å². The molecule has 7 nitrogen and oxygen atoms in total. The van der Waals surface area contributed by atoms with Gasteiger partial charge in [0.05, 0.1) is 12.6 Å². The number of thioether (sulfide) groups is 1. The molecule has 30 heavy (non-hydrogen) atoms. The molecule has 0 radical (unpaired) electrons. The van der Waals surface area contributed by atoms with Crippen molar-refractivity contribution in [2.75, 3.05) is 17.3 Å². The number of anilines is 1. The molecule has 0 unspecified atom stereocenters. The number of carbonyl (C=O) groups is 1. The minimum absolute atomic E-state index is 0.203. The van der Waals surface area contributed by atoms with E-state index in [1.54, 1.807) is 0 Å². The summed E-state index contributed by atoms with van der Waals surface area (Å²) < 4.78 is 20.6. The highest BCUT2D eigenvalue weighted by atomic mass is 32.2. The van der Waals surface area contributed by atoms with Crippen molar-refractivity contribution in [2.24, 2.45) is 0 Å². The van der Waals surface area contributed by atoms with Crippen molar-refractivity contribution < 1.29 is 13.9 Å². The number of hydrogen-bond acceptors (Lipinski definition) is 6. The van der Waals surface area contributed by atoms with Gasteiger partial charge in [0, 0.05) is 12.1 Å². The lowest BCUT2D eigenvalue weighted by Crippen LogP contribution is -2.41. The highest BCUT2D eigenvalue weighted by Gasteiger charge is 2.37. The van der Waals surface area contributed by atoms with Crippen LogP contribution in [-0.2, 0) is 11.2 Å². The first kappa shape index (κ1) is 20.2. The lowest BCUT2D eigenvalue weighted by molar-refractivity contribution is -0.116. The van der Waals surface area contributed by atoms with Crippen LogP contribution in [0.15, 0.2) is 53.7 Å². The lowest BCUT2D eigenvalue weighted by Gasteiger charge is -2.33. The molecule has 0 aliphatic carbocycles. The summed E-state index contributed by atoms with van der Waals surface area (Å²) in [5.74, 6) is 1.02. The number of benzene rings is 2. The van der Waals surface area contributed by atoms with Gasteiger partial charge in [0.15, 0.2) is 5.82 Å². The van der Waals surface area contributed by atoms with E-state index >= 15 is 0 Å². The molecule has 0 fully saturated rings. The Morgan fingerprint density at radius 2 is 1.90 bits per heavy atom. The van der Waals surface area contributed by atoms with Crippen LogP contribution < -0.4 is 15.5 Å². The Morgan fingerprint density at radius 3 is 2.57 bits per heavy atom. The number of hydrogen-bond donors (Lipinski definition) is 2. The summed E-state index contributed by atoms with van der Waals surface area (Å²) in [5, 5.41) is 11.4. The van der Waals surface area contributed by atoms with E-state index in [4.69, 9.17) is 4.74 Å². The van der Waals surface area contributed by atoms with Crippen LogP contribution in [0.1, 0.15) is 31.3 Å². The van der Waals surface area contributed by atoms with Crippen LogP contribution in [0.25, 0.3) is 0 Å². The van der Waals surface area contributed by atoms with Gasteiger partial charge >= 0.3 is 0 Å². The zero-order valence-electron chi connectivity index (χ0n) is 16.6. The molecule has 2 N–H and O–H groups in total. The number of halogens is 1. The largest absolute Gasteiger partial charge is 0.494 e. The van der Waals surface area contributed by atoms with Crippen LogP contribution in [-0.4, -0.2) is 32.6 Å². The Balaban J connectivity index is 1.64. The highest BCUT2D eigenvalue weighted by molar-refractivity contribution is 8.00. The molecule has 1 aromatic heterocycles. The Kier molecular flexibility index (Phi) is 5.89. The number of nitrogens with one attached hydrogen (secondary N) is 2. The summed E-state index contributed by atoms with van der Waals surface area (Å²) in [6.07, 6.45) is 0.711. The molecule has 0 bridgehead atoms. The monoisotopic (exact) mass is 427 g/mol. The molecule has 1 aliphatic rings. The zero-order chi connectivity index (χ0) is 21.1. The van der Waals surface area contributed by atoms with E-state index in [0.29, 0.717) is 23.9 Å². The average molecular weight is 428 g/mol. The fourth-order valence-electron chi connectivity index (χ4n) is 3.26. The van der Waals surface area contributed by atoms with Gasteiger partial charge in [-0.05, 0) is 48.9 Å². The molecular weight excluding hydrogens is 405 g/mol. The number of amides is 1. The minimum Gasteiger partial charge on any atom is -0.494 e. The van der Waals surface area contributed by atoms with Gasteiger partial charge in [-0.25, -0.2) is 9.07 Å². The maximum Gasteiger partial charge on any atom is 0.240 e. The van der Waals surface area contributed by atoms with Gasteiger partial charge in [-0.15, -0.1) is 10.2 Å². The van der Waals surface area contributed by atoms with Crippen molar-refractivity contribution in [3.05, 3.63) is 65.7 Å². The van der Waals surface area contributed by atoms with E-state index in [1.165, 1.54) is 36.0 Å². The predicted octanol–water partition coefficient (Wildman–Crippen LogP) is 3.78. The molecule has 1 aliphatic heterocycles. The molecule has 3 aromatic rings. The first-order valence-corrected chi connectivity index (χ1v) is 10.6. The van der Waals surface area contributed by atoms with Gasteiger partial charge < -0.3 is 15.5 Å². The maximum absolute atomic E-state index is 13.2. The molecule has 2 atom stereocenters. The fraction of sp³-hybridized carbons (Fsp3) is 0.286. The molecular formula is C21H22FN5O2S.